The van der Waals surface area contributed by atoms with Gasteiger partial charge in [0.2, 0.25) is 0 Å². The van der Waals surface area contributed by atoms with Crippen molar-refractivity contribution in [3.05, 3.63) is 87.6 Å². The van der Waals surface area contributed by atoms with Crippen LogP contribution in [-0.4, -0.2) is 33.9 Å². The maximum absolute atomic E-state index is 12.9. The summed E-state index contributed by atoms with van der Waals surface area (Å²) in [5, 5.41) is 8.89. The highest BCUT2D eigenvalue weighted by atomic mass is 16.2. The summed E-state index contributed by atoms with van der Waals surface area (Å²) in [6, 6.07) is 21.3. The number of pyridine rings is 1. The molecule has 33 heavy (non-hydrogen) atoms. The van der Waals surface area contributed by atoms with E-state index in [2.05, 4.69) is 10.3 Å². The van der Waals surface area contributed by atoms with Gasteiger partial charge in [-0.15, -0.1) is 5.10 Å². The Bertz CT molecular complexity index is 1820. The molecular formula is C24H17N7O2. The standard InChI is InChI=1S/C24H17N7O2/c1-29-22-20(23(32)30(2)24(29)33)26-19-16(25-22)13-17(14-9-5-3-6-10-14)31-21(19)18(27-28-31)15-11-7-4-8-12-15/h3-13H,1-2H3. The van der Waals surface area contributed by atoms with Gasteiger partial charge in [0.25, 0.3) is 5.56 Å². The molecule has 0 atom stereocenters. The molecule has 9 nitrogen and oxygen atoms in total. The molecule has 6 rings (SSSR count). The third kappa shape index (κ3) is 2.72. The molecule has 2 aromatic carbocycles. The van der Waals surface area contributed by atoms with Crippen molar-refractivity contribution in [3.8, 4) is 22.5 Å². The Morgan fingerprint density at radius 2 is 1.42 bits per heavy atom. The van der Waals surface area contributed by atoms with Crippen LogP contribution in [0.4, 0.5) is 0 Å². The van der Waals surface area contributed by atoms with Crippen molar-refractivity contribution in [1.82, 2.24) is 33.9 Å². The summed E-state index contributed by atoms with van der Waals surface area (Å²) < 4.78 is 4.10. The highest BCUT2D eigenvalue weighted by Gasteiger charge is 2.20. The molecule has 4 heterocycles. The quantitative estimate of drug-likeness (QED) is 0.388. The fourth-order valence-corrected chi connectivity index (χ4v) is 4.11. The topological polar surface area (TPSA) is 100.0 Å². The van der Waals surface area contributed by atoms with Crippen LogP contribution in [0.25, 0.3) is 50.2 Å². The third-order valence-electron chi connectivity index (χ3n) is 5.82. The summed E-state index contributed by atoms with van der Waals surface area (Å²) in [4.78, 5) is 34.8. The second-order valence-corrected chi connectivity index (χ2v) is 7.80. The Morgan fingerprint density at radius 3 is 2.12 bits per heavy atom. The van der Waals surface area contributed by atoms with Crippen molar-refractivity contribution in [3.63, 3.8) is 0 Å². The van der Waals surface area contributed by atoms with Gasteiger partial charge in [-0.25, -0.2) is 19.3 Å². The maximum Gasteiger partial charge on any atom is 0.332 e. The molecular weight excluding hydrogens is 418 g/mol. The van der Waals surface area contributed by atoms with E-state index in [0.717, 1.165) is 21.4 Å². The van der Waals surface area contributed by atoms with Crippen LogP contribution in [0.5, 0.6) is 0 Å². The molecule has 0 fully saturated rings. The number of aryl methyl sites for hydroxylation is 1. The average molecular weight is 435 g/mol. The largest absolute Gasteiger partial charge is 0.332 e. The zero-order chi connectivity index (χ0) is 22.7. The number of rotatable bonds is 2. The first-order chi connectivity index (χ1) is 16.0. The zero-order valence-electron chi connectivity index (χ0n) is 17.8. The first-order valence-electron chi connectivity index (χ1n) is 10.3. The molecule has 0 radical (unpaired) electrons. The van der Waals surface area contributed by atoms with E-state index in [1.54, 1.807) is 11.6 Å². The molecule has 0 aliphatic heterocycles. The molecule has 0 N–H and O–H groups in total. The van der Waals surface area contributed by atoms with Crippen molar-refractivity contribution in [2.75, 3.05) is 0 Å². The number of aromatic nitrogens is 7. The summed E-state index contributed by atoms with van der Waals surface area (Å²) in [6.45, 7) is 0. The number of fused-ring (bicyclic) bond motifs is 4. The van der Waals surface area contributed by atoms with Crippen LogP contribution in [0.3, 0.4) is 0 Å². The second kappa shape index (κ2) is 6.92. The van der Waals surface area contributed by atoms with Crippen LogP contribution in [-0.2, 0) is 14.1 Å². The van der Waals surface area contributed by atoms with E-state index in [1.165, 1.54) is 11.6 Å². The van der Waals surface area contributed by atoms with Gasteiger partial charge in [-0.2, -0.15) is 0 Å². The molecule has 0 bridgehead atoms. The lowest BCUT2D eigenvalue weighted by Crippen LogP contribution is -2.37. The Hall–Kier alpha value is -4.66. The van der Waals surface area contributed by atoms with Crippen LogP contribution in [0.15, 0.2) is 76.3 Å². The predicted molar refractivity (Wildman–Crippen MR) is 125 cm³/mol. The van der Waals surface area contributed by atoms with Gasteiger partial charge in [-0.3, -0.25) is 13.9 Å². The summed E-state index contributed by atoms with van der Waals surface area (Å²) in [7, 11) is 3.01. The summed E-state index contributed by atoms with van der Waals surface area (Å²) in [5.74, 6) is 0. The van der Waals surface area contributed by atoms with E-state index in [4.69, 9.17) is 9.97 Å². The van der Waals surface area contributed by atoms with Crippen molar-refractivity contribution in [2.24, 2.45) is 14.1 Å². The maximum atomic E-state index is 12.9. The lowest BCUT2D eigenvalue weighted by atomic mass is 10.1. The summed E-state index contributed by atoms with van der Waals surface area (Å²) in [6.07, 6.45) is 0. The lowest BCUT2D eigenvalue weighted by Gasteiger charge is -2.11. The highest BCUT2D eigenvalue weighted by Crippen LogP contribution is 2.32. The zero-order valence-corrected chi connectivity index (χ0v) is 17.8. The van der Waals surface area contributed by atoms with E-state index < -0.39 is 11.2 Å². The Morgan fingerprint density at radius 1 is 0.758 bits per heavy atom. The SMILES string of the molecule is Cn1c(=O)c2nc3c(cc(-c4ccccc4)n4nnc(-c5ccccc5)c34)nc2n(C)c1=O. The van der Waals surface area contributed by atoms with Crippen LogP contribution < -0.4 is 11.2 Å². The molecule has 0 saturated carbocycles. The van der Waals surface area contributed by atoms with Gasteiger partial charge in [0.1, 0.15) is 16.7 Å². The summed E-state index contributed by atoms with van der Waals surface area (Å²) in [5.41, 5.74) is 4.26. The third-order valence-corrected chi connectivity index (χ3v) is 5.82. The molecule has 160 valence electrons. The molecule has 0 unspecified atom stereocenters. The Balaban J connectivity index is 1.84. The molecule has 0 aliphatic rings. The minimum Gasteiger partial charge on any atom is -0.279 e. The van der Waals surface area contributed by atoms with Gasteiger partial charge in [-0.1, -0.05) is 65.9 Å². The fourth-order valence-electron chi connectivity index (χ4n) is 4.11. The molecule has 0 aliphatic carbocycles. The number of hydrogen-bond donors (Lipinski definition) is 0. The number of hydrogen-bond acceptors (Lipinski definition) is 6. The Labute approximate surface area is 186 Å². The smallest absolute Gasteiger partial charge is 0.279 e. The number of benzene rings is 2. The van der Waals surface area contributed by atoms with Gasteiger partial charge < -0.3 is 0 Å². The van der Waals surface area contributed by atoms with Gasteiger partial charge in [0.05, 0.1) is 11.2 Å². The molecule has 0 saturated heterocycles. The number of nitrogens with zero attached hydrogens (tertiary/aromatic N) is 7. The molecule has 0 spiro atoms. The van der Waals surface area contributed by atoms with Gasteiger partial charge in [0.15, 0.2) is 11.2 Å². The average Bonchev–Trinajstić information content (AvgIpc) is 3.31. The van der Waals surface area contributed by atoms with E-state index in [0.29, 0.717) is 22.2 Å². The van der Waals surface area contributed by atoms with Crippen LogP contribution in [0.1, 0.15) is 0 Å². The van der Waals surface area contributed by atoms with Crippen molar-refractivity contribution >= 4 is 27.7 Å². The van der Waals surface area contributed by atoms with E-state index in [9.17, 15) is 9.59 Å². The monoisotopic (exact) mass is 435 g/mol. The minimum absolute atomic E-state index is 0.113. The van der Waals surface area contributed by atoms with Gasteiger partial charge >= 0.3 is 5.69 Å². The van der Waals surface area contributed by atoms with Crippen molar-refractivity contribution in [1.29, 1.82) is 0 Å². The van der Waals surface area contributed by atoms with Crippen LogP contribution in [0, 0.1) is 0 Å². The van der Waals surface area contributed by atoms with E-state index >= 15 is 0 Å². The van der Waals surface area contributed by atoms with E-state index in [1.807, 2.05) is 66.7 Å². The first-order valence-corrected chi connectivity index (χ1v) is 10.3. The van der Waals surface area contributed by atoms with E-state index in [-0.39, 0.29) is 11.2 Å². The second-order valence-electron chi connectivity index (χ2n) is 7.80. The normalized spacial score (nSPS) is 11.6. The summed E-state index contributed by atoms with van der Waals surface area (Å²) >= 11 is 0. The highest BCUT2D eigenvalue weighted by molar-refractivity contribution is 6.02. The van der Waals surface area contributed by atoms with Crippen molar-refractivity contribution < 1.29 is 0 Å². The molecule has 6 aromatic rings. The van der Waals surface area contributed by atoms with Crippen LogP contribution >= 0.6 is 0 Å². The van der Waals surface area contributed by atoms with Gasteiger partial charge in [-0.05, 0) is 6.07 Å². The van der Waals surface area contributed by atoms with Gasteiger partial charge in [0, 0.05) is 25.2 Å². The molecule has 9 heteroatoms. The van der Waals surface area contributed by atoms with Crippen LogP contribution in [0.2, 0.25) is 0 Å². The first kappa shape index (κ1) is 19.1. The lowest BCUT2D eigenvalue weighted by molar-refractivity contribution is 0.706. The minimum atomic E-state index is -0.499. The van der Waals surface area contributed by atoms with Crippen molar-refractivity contribution in [2.45, 2.75) is 0 Å². The fraction of sp³-hybridized carbons (Fsp3) is 0.0833. The molecule has 4 aromatic heterocycles. The predicted octanol–water partition coefficient (Wildman–Crippen LogP) is 2.56. The Kier molecular flexibility index (Phi) is 4.00. The molecule has 0 amide bonds.